The fraction of sp³-hybridized carbons (Fsp3) is 0.333. The number of aromatic nitrogens is 1. The number of hydrogen-bond donors (Lipinski definition) is 0. The van der Waals surface area contributed by atoms with Crippen LogP contribution >= 0.6 is 11.6 Å². The summed E-state index contributed by atoms with van der Waals surface area (Å²) in [5.41, 5.74) is 1.66. The van der Waals surface area contributed by atoms with Crippen LogP contribution in [0, 0.1) is 0 Å². The molecule has 148 valence electrons. The molecule has 3 aromatic rings. The smallest absolute Gasteiger partial charge is 0.268 e. The summed E-state index contributed by atoms with van der Waals surface area (Å²) in [5.74, 6) is 0.619. The van der Waals surface area contributed by atoms with Gasteiger partial charge in [0.25, 0.3) is 10.0 Å². The number of likely N-dealkylation sites (tertiary alicyclic amines) is 1. The van der Waals surface area contributed by atoms with Crippen LogP contribution in [0.15, 0.2) is 53.6 Å². The number of methoxy groups -OCH3 is 1. The van der Waals surface area contributed by atoms with Crippen molar-refractivity contribution in [2.45, 2.75) is 30.2 Å². The summed E-state index contributed by atoms with van der Waals surface area (Å²) in [5, 5.41) is 1.50. The Morgan fingerprint density at radius 3 is 2.57 bits per heavy atom. The highest BCUT2D eigenvalue weighted by atomic mass is 35.5. The highest BCUT2D eigenvalue weighted by molar-refractivity contribution is 7.90. The highest BCUT2D eigenvalue weighted by Gasteiger charge is 2.26. The number of halogens is 1. The van der Waals surface area contributed by atoms with Crippen LogP contribution in [-0.4, -0.2) is 44.0 Å². The number of nitrogens with zero attached hydrogens (tertiary/aromatic N) is 2. The molecule has 1 fully saturated rings. The van der Waals surface area contributed by atoms with Crippen LogP contribution in [0.2, 0.25) is 5.02 Å². The zero-order valence-corrected chi connectivity index (χ0v) is 17.5. The van der Waals surface area contributed by atoms with E-state index in [2.05, 4.69) is 11.9 Å². The molecule has 0 radical (unpaired) electrons. The van der Waals surface area contributed by atoms with Gasteiger partial charge in [-0.05, 0) is 80.9 Å². The summed E-state index contributed by atoms with van der Waals surface area (Å²) < 4.78 is 33.2. The lowest BCUT2D eigenvalue weighted by Gasteiger charge is -2.18. The summed E-state index contributed by atoms with van der Waals surface area (Å²) in [4.78, 5) is 2.57. The Morgan fingerprint density at radius 2 is 1.93 bits per heavy atom. The monoisotopic (exact) mass is 418 g/mol. The number of ether oxygens (including phenoxy) is 1. The van der Waals surface area contributed by atoms with Gasteiger partial charge in [0.2, 0.25) is 0 Å². The van der Waals surface area contributed by atoms with E-state index in [-0.39, 0.29) is 4.90 Å². The van der Waals surface area contributed by atoms with E-state index in [1.165, 1.54) is 10.4 Å². The molecular weight excluding hydrogens is 396 g/mol. The van der Waals surface area contributed by atoms with E-state index in [0.29, 0.717) is 22.3 Å². The lowest BCUT2D eigenvalue weighted by molar-refractivity contribution is 0.310. The Bertz CT molecular complexity index is 1110. The van der Waals surface area contributed by atoms with Gasteiger partial charge in [-0.15, -0.1) is 0 Å². The zero-order valence-electron chi connectivity index (χ0n) is 15.9. The molecule has 2 aromatic carbocycles. The Morgan fingerprint density at radius 1 is 1.18 bits per heavy atom. The van der Waals surface area contributed by atoms with E-state index in [9.17, 15) is 8.42 Å². The molecular formula is C21H23ClN2O3S. The normalized spacial score (nSPS) is 18.0. The molecule has 0 spiro atoms. The maximum atomic E-state index is 13.3. The Hall–Kier alpha value is -2.02. The molecule has 0 bridgehead atoms. The lowest BCUT2D eigenvalue weighted by Crippen LogP contribution is -2.26. The van der Waals surface area contributed by atoms with Gasteiger partial charge in [-0.25, -0.2) is 12.4 Å². The minimum absolute atomic E-state index is 0.227. The first kappa shape index (κ1) is 19.3. The van der Waals surface area contributed by atoms with Gasteiger partial charge < -0.3 is 9.64 Å². The van der Waals surface area contributed by atoms with Crippen LogP contribution in [-0.2, 0) is 16.4 Å². The molecule has 1 saturated heterocycles. The third kappa shape index (κ3) is 3.41. The molecule has 0 N–H and O–H groups in total. The Balaban J connectivity index is 1.82. The fourth-order valence-corrected chi connectivity index (χ4v) is 5.52. The van der Waals surface area contributed by atoms with Crippen LogP contribution in [0.4, 0.5) is 0 Å². The SMILES string of the molecule is COc1ccc(S(=O)(=O)n2cc(C[C@H]3CCCN3C)c3cc(Cl)ccc32)cc1. The van der Waals surface area contributed by atoms with Crippen molar-refractivity contribution >= 4 is 32.5 Å². The molecule has 1 aliphatic heterocycles. The third-order valence-electron chi connectivity index (χ3n) is 5.56. The summed E-state index contributed by atoms with van der Waals surface area (Å²) in [7, 11) is -0.0478. The van der Waals surface area contributed by atoms with Gasteiger partial charge in [0.15, 0.2) is 0 Å². The second-order valence-electron chi connectivity index (χ2n) is 7.27. The molecule has 0 amide bonds. The maximum Gasteiger partial charge on any atom is 0.268 e. The first-order valence-electron chi connectivity index (χ1n) is 9.29. The average Bonchev–Trinajstić information content (AvgIpc) is 3.26. The van der Waals surface area contributed by atoms with Crippen LogP contribution in [0.3, 0.4) is 0 Å². The van der Waals surface area contributed by atoms with Crippen molar-refractivity contribution in [1.29, 1.82) is 0 Å². The predicted molar refractivity (Wildman–Crippen MR) is 112 cm³/mol. The summed E-state index contributed by atoms with van der Waals surface area (Å²) in [6.45, 7) is 1.08. The number of fused-ring (bicyclic) bond motifs is 1. The molecule has 5 nitrogen and oxygen atoms in total. The first-order chi connectivity index (χ1) is 13.4. The van der Waals surface area contributed by atoms with E-state index in [1.807, 2.05) is 6.07 Å². The molecule has 2 heterocycles. The standard InChI is InChI=1S/C21H23ClN2O3S/c1-23-11-3-4-17(23)12-15-14-24(21-10-5-16(22)13-20(15)21)28(25,26)19-8-6-18(27-2)7-9-19/h5-10,13-14,17H,3-4,11-12H2,1-2H3/t17-/m1/s1. The van der Waals surface area contributed by atoms with E-state index in [4.69, 9.17) is 16.3 Å². The van der Waals surface area contributed by atoms with Gasteiger partial charge >= 0.3 is 0 Å². The van der Waals surface area contributed by atoms with Crippen molar-refractivity contribution in [3.8, 4) is 5.75 Å². The Kier molecular flexibility index (Phi) is 5.12. The van der Waals surface area contributed by atoms with E-state index < -0.39 is 10.0 Å². The van der Waals surface area contributed by atoms with Crippen molar-refractivity contribution in [3.63, 3.8) is 0 Å². The Labute approximate surface area is 170 Å². The van der Waals surface area contributed by atoms with Gasteiger partial charge in [-0.1, -0.05) is 11.6 Å². The van der Waals surface area contributed by atoms with Crippen LogP contribution in [0.1, 0.15) is 18.4 Å². The minimum atomic E-state index is -3.73. The molecule has 28 heavy (non-hydrogen) atoms. The molecule has 0 saturated carbocycles. The molecule has 0 aliphatic carbocycles. The minimum Gasteiger partial charge on any atom is -0.497 e. The molecule has 1 aliphatic rings. The van der Waals surface area contributed by atoms with E-state index in [0.717, 1.165) is 30.3 Å². The quantitative estimate of drug-likeness (QED) is 0.623. The van der Waals surface area contributed by atoms with Gasteiger partial charge in [0, 0.05) is 22.6 Å². The van der Waals surface area contributed by atoms with Crippen molar-refractivity contribution < 1.29 is 13.2 Å². The fourth-order valence-electron chi connectivity index (χ4n) is 3.95. The largest absolute Gasteiger partial charge is 0.497 e. The summed E-state index contributed by atoms with van der Waals surface area (Å²) in [6, 6.07) is 12.2. The van der Waals surface area contributed by atoms with Crippen molar-refractivity contribution in [2.24, 2.45) is 0 Å². The lowest BCUT2D eigenvalue weighted by atomic mass is 10.0. The number of rotatable bonds is 5. The molecule has 0 unspecified atom stereocenters. The van der Waals surface area contributed by atoms with E-state index in [1.54, 1.807) is 49.7 Å². The number of benzene rings is 2. The van der Waals surface area contributed by atoms with Crippen molar-refractivity contribution in [3.05, 3.63) is 59.2 Å². The predicted octanol–water partition coefficient (Wildman–Crippen LogP) is 4.18. The van der Waals surface area contributed by atoms with Gasteiger partial charge in [0.05, 0.1) is 17.5 Å². The topological polar surface area (TPSA) is 51.5 Å². The summed E-state index contributed by atoms with van der Waals surface area (Å²) in [6.07, 6.45) is 4.85. The molecule has 7 heteroatoms. The average molecular weight is 419 g/mol. The van der Waals surface area contributed by atoms with Crippen LogP contribution in [0.25, 0.3) is 10.9 Å². The molecule has 4 rings (SSSR count). The highest BCUT2D eigenvalue weighted by Crippen LogP contribution is 2.31. The van der Waals surface area contributed by atoms with Crippen molar-refractivity contribution in [2.75, 3.05) is 20.7 Å². The number of hydrogen-bond acceptors (Lipinski definition) is 4. The second kappa shape index (κ2) is 7.43. The number of likely N-dealkylation sites (N-methyl/N-ethyl adjacent to an activating group) is 1. The van der Waals surface area contributed by atoms with E-state index >= 15 is 0 Å². The second-order valence-corrected chi connectivity index (χ2v) is 9.52. The third-order valence-corrected chi connectivity index (χ3v) is 7.48. The zero-order chi connectivity index (χ0) is 19.9. The molecule has 1 aromatic heterocycles. The van der Waals surface area contributed by atoms with Crippen LogP contribution < -0.4 is 4.74 Å². The van der Waals surface area contributed by atoms with Gasteiger partial charge in [0.1, 0.15) is 5.75 Å². The van der Waals surface area contributed by atoms with Crippen LogP contribution in [0.5, 0.6) is 5.75 Å². The summed E-state index contributed by atoms with van der Waals surface area (Å²) >= 11 is 6.23. The van der Waals surface area contributed by atoms with Crippen molar-refractivity contribution in [1.82, 2.24) is 8.87 Å². The first-order valence-corrected chi connectivity index (χ1v) is 11.1. The van der Waals surface area contributed by atoms with Gasteiger partial charge in [-0.2, -0.15) is 0 Å². The van der Waals surface area contributed by atoms with Gasteiger partial charge in [-0.3, -0.25) is 0 Å². The molecule has 1 atom stereocenters. The maximum absolute atomic E-state index is 13.3.